The molecule has 2 amide bonds. The van der Waals surface area contributed by atoms with Gasteiger partial charge < -0.3 is 9.30 Å². The lowest BCUT2D eigenvalue weighted by Crippen LogP contribution is -2.21. The van der Waals surface area contributed by atoms with Crippen molar-refractivity contribution in [3.05, 3.63) is 65.4 Å². The van der Waals surface area contributed by atoms with Gasteiger partial charge in [0.25, 0.3) is 0 Å². The first kappa shape index (κ1) is 16.1. The number of para-hydroxylation sites is 1. The van der Waals surface area contributed by atoms with E-state index in [1.54, 1.807) is 7.11 Å². The Morgan fingerprint density at radius 1 is 1.07 bits per heavy atom. The number of methoxy groups -OCH3 is 1. The Balaban J connectivity index is 1.69. The molecule has 2 atom stereocenters. The van der Waals surface area contributed by atoms with Crippen LogP contribution in [0.5, 0.6) is 5.75 Å². The van der Waals surface area contributed by atoms with E-state index in [2.05, 4.69) is 28.2 Å². The summed E-state index contributed by atoms with van der Waals surface area (Å²) in [4.78, 5) is 25.5. The fourth-order valence-electron chi connectivity index (χ4n) is 4.61. The van der Waals surface area contributed by atoms with Gasteiger partial charge >= 0.3 is 0 Å². The van der Waals surface area contributed by atoms with Crippen LogP contribution in [0.1, 0.15) is 34.9 Å². The molecule has 5 heteroatoms. The van der Waals surface area contributed by atoms with E-state index in [1.807, 2.05) is 30.3 Å². The SMILES string of the molecule is COc1cccc([C@H]2C(=O)NC(=O)[C@@H]2c2cn3c4c(cccc24)CCC3)c1. The highest BCUT2D eigenvalue weighted by Crippen LogP contribution is 2.43. The second kappa shape index (κ2) is 5.98. The fraction of sp³-hybridized carbons (Fsp3) is 0.273. The zero-order valence-corrected chi connectivity index (χ0v) is 15.1. The third kappa shape index (κ3) is 2.38. The van der Waals surface area contributed by atoms with E-state index in [0.717, 1.165) is 35.9 Å². The summed E-state index contributed by atoms with van der Waals surface area (Å²) in [5.74, 6) is -0.861. The van der Waals surface area contributed by atoms with Gasteiger partial charge in [-0.2, -0.15) is 0 Å². The molecule has 136 valence electrons. The van der Waals surface area contributed by atoms with Crippen LogP contribution in [0.25, 0.3) is 10.9 Å². The highest BCUT2D eigenvalue weighted by atomic mass is 16.5. The summed E-state index contributed by atoms with van der Waals surface area (Å²) in [7, 11) is 1.60. The maximum Gasteiger partial charge on any atom is 0.235 e. The number of aryl methyl sites for hydroxylation is 2. The fourth-order valence-corrected chi connectivity index (χ4v) is 4.61. The van der Waals surface area contributed by atoms with Crippen molar-refractivity contribution in [3.8, 4) is 5.75 Å². The van der Waals surface area contributed by atoms with Gasteiger partial charge in [0.15, 0.2) is 0 Å². The monoisotopic (exact) mass is 360 g/mol. The minimum atomic E-state index is -0.545. The quantitative estimate of drug-likeness (QED) is 0.730. The van der Waals surface area contributed by atoms with E-state index < -0.39 is 11.8 Å². The molecule has 5 rings (SSSR count). The Morgan fingerprint density at radius 3 is 2.74 bits per heavy atom. The molecule has 0 spiro atoms. The average Bonchev–Trinajstić information content (AvgIpc) is 3.20. The predicted octanol–water partition coefficient (Wildman–Crippen LogP) is 3.12. The van der Waals surface area contributed by atoms with Gasteiger partial charge in [0.1, 0.15) is 5.75 Å². The highest BCUT2D eigenvalue weighted by molar-refractivity contribution is 6.12. The van der Waals surface area contributed by atoms with Crippen LogP contribution in [-0.4, -0.2) is 23.5 Å². The lowest BCUT2D eigenvalue weighted by molar-refractivity contribution is -0.125. The topological polar surface area (TPSA) is 60.3 Å². The molecule has 3 aromatic rings. The third-order valence-corrected chi connectivity index (χ3v) is 5.79. The average molecular weight is 360 g/mol. The maximum atomic E-state index is 12.8. The van der Waals surface area contributed by atoms with E-state index in [9.17, 15) is 9.59 Å². The summed E-state index contributed by atoms with van der Waals surface area (Å²) in [5, 5.41) is 3.62. The number of imide groups is 1. The molecule has 0 saturated carbocycles. The molecule has 0 radical (unpaired) electrons. The van der Waals surface area contributed by atoms with Crippen LogP contribution in [0, 0.1) is 0 Å². The van der Waals surface area contributed by atoms with Gasteiger partial charge in [-0.05, 0) is 41.7 Å². The zero-order chi connectivity index (χ0) is 18.5. The van der Waals surface area contributed by atoms with Crippen LogP contribution >= 0.6 is 0 Å². The molecular formula is C22H20N2O3. The van der Waals surface area contributed by atoms with Gasteiger partial charge in [-0.15, -0.1) is 0 Å². The van der Waals surface area contributed by atoms with Gasteiger partial charge in [0, 0.05) is 18.1 Å². The van der Waals surface area contributed by atoms with Gasteiger partial charge in [-0.25, -0.2) is 0 Å². The van der Waals surface area contributed by atoms with Crippen LogP contribution in [0.15, 0.2) is 48.7 Å². The maximum absolute atomic E-state index is 12.8. The molecule has 2 aliphatic rings. The van der Waals surface area contributed by atoms with E-state index in [4.69, 9.17) is 4.74 Å². The van der Waals surface area contributed by atoms with E-state index >= 15 is 0 Å². The minimum absolute atomic E-state index is 0.225. The van der Waals surface area contributed by atoms with Crippen LogP contribution in [0.2, 0.25) is 0 Å². The van der Waals surface area contributed by atoms with Gasteiger partial charge in [0.05, 0.1) is 24.5 Å². The van der Waals surface area contributed by atoms with Gasteiger partial charge in [-0.3, -0.25) is 14.9 Å². The van der Waals surface area contributed by atoms with Crippen molar-refractivity contribution < 1.29 is 14.3 Å². The molecule has 1 saturated heterocycles. The standard InChI is InChI=1S/C22H20N2O3/c1-27-15-8-2-6-14(11-15)18-19(22(26)23-21(18)25)17-12-24-10-4-7-13-5-3-9-16(17)20(13)24/h2-3,5-6,8-9,11-12,18-19H,4,7,10H2,1H3,(H,23,25,26)/t18-,19-/m1/s1. The number of hydrogen-bond donors (Lipinski definition) is 1. The molecule has 5 nitrogen and oxygen atoms in total. The number of carbonyl (C=O) groups excluding carboxylic acids is 2. The van der Waals surface area contributed by atoms with Crippen molar-refractivity contribution in [2.75, 3.05) is 7.11 Å². The molecule has 1 N–H and O–H groups in total. The molecule has 0 aliphatic carbocycles. The Labute approximate surface area is 156 Å². The number of nitrogens with zero attached hydrogens (tertiary/aromatic N) is 1. The highest BCUT2D eigenvalue weighted by Gasteiger charge is 2.45. The zero-order valence-electron chi connectivity index (χ0n) is 15.1. The molecule has 0 bridgehead atoms. The van der Waals surface area contributed by atoms with Crippen LogP contribution in [0.4, 0.5) is 0 Å². The lowest BCUT2D eigenvalue weighted by Gasteiger charge is -2.16. The summed E-state index contributed by atoms with van der Waals surface area (Å²) in [5.41, 5.74) is 4.25. The molecule has 3 heterocycles. The third-order valence-electron chi connectivity index (χ3n) is 5.79. The van der Waals surface area contributed by atoms with Crippen LogP contribution < -0.4 is 10.1 Å². The Hall–Kier alpha value is -3.08. The van der Waals surface area contributed by atoms with Crippen molar-refractivity contribution in [3.63, 3.8) is 0 Å². The lowest BCUT2D eigenvalue weighted by atomic mass is 9.83. The number of aromatic nitrogens is 1. The summed E-state index contributed by atoms with van der Waals surface area (Å²) < 4.78 is 7.55. The number of rotatable bonds is 3. The molecule has 1 aromatic heterocycles. The molecule has 2 aromatic carbocycles. The first-order valence-corrected chi connectivity index (χ1v) is 9.26. The van der Waals surface area contributed by atoms with E-state index in [-0.39, 0.29) is 11.8 Å². The Kier molecular flexibility index (Phi) is 3.57. The first-order chi connectivity index (χ1) is 13.2. The van der Waals surface area contributed by atoms with Gasteiger partial charge in [0.2, 0.25) is 11.8 Å². The number of hydrogen-bond acceptors (Lipinski definition) is 3. The van der Waals surface area contributed by atoms with Crippen molar-refractivity contribution in [2.45, 2.75) is 31.2 Å². The molecule has 27 heavy (non-hydrogen) atoms. The number of carbonyl (C=O) groups is 2. The van der Waals surface area contributed by atoms with Gasteiger partial charge in [-0.1, -0.05) is 30.3 Å². The summed E-state index contributed by atoms with van der Waals surface area (Å²) in [6, 6.07) is 13.7. The first-order valence-electron chi connectivity index (χ1n) is 9.26. The predicted molar refractivity (Wildman–Crippen MR) is 102 cm³/mol. The smallest absolute Gasteiger partial charge is 0.235 e. The number of ether oxygens (including phenoxy) is 1. The van der Waals surface area contributed by atoms with Crippen LogP contribution in [-0.2, 0) is 22.6 Å². The second-order valence-corrected chi connectivity index (χ2v) is 7.28. The summed E-state index contributed by atoms with van der Waals surface area (Å²) in [6.07, 6.45) is 4.22. The normalized spacial score (nSPS) is 21.5. The second-order valence-electron chi connectivity index (χ2n) is 7.28. The molecule has 1 fully saturated rings. The number of benzene rings is 2. The van der Waals surface area contributed by atoms with Crippen molar-refractivity contribution >= 4 is 22.7 Å². The van der Waals surface area contributed by atoms with Crippen LogP contribution in [0.3, 0.4) is 0 Å². The van der Waals surface area contributed by atoms with Crippen molar-refractivity contribution in [1.29, 1.82) is 0 Å². The molecule has 0 unspecified atom stereocenters. The van der Waals surface area contributed by atoms with Crippen molar-refractivity contribution in [1.82, 2.24) is 9.88 Å². The minimum Gasteiger partial charge on any atom is -0.497 e. The summed E-state index contributed by atoms with van der Waals surface area (Å²) in [6.45, 7) is 0.944. The molecule has 2 aliphatic heterocycles. The Bertz CT molecular complexity index is 1080. The van der Waals surface area contributed by atoms with E-state index in [0.29, 0.717) is 5.75 Å². The number of amides is 2. The summed E-state index contributed by atoms with van der Waals surface area (Å²) >= 11 is 0. The number of nitrogens with one attached hydrogen (secondary N) is 1. The van der Waals surface area contributed by atoms with E-state index in [1.165, 1.54) is 11.1 Å². The van der Waals surface area contributed by atoms with Crippen molar-refractivity contribution in [2.24, 2.45) is 0 Å². The Morgan fingerprint density at radius 2 is 1.89 bits per heavy atom. The molecular weight excluding hydrogens is 340 g/mol. The largest absolute Gasteiger partial charge is 0.497 e.